The first-order valence-corrected chi connectivity index (χ1v) is 7.23. The summed E-state index contributed by atoms with van der Waals surface area (Å²) in [5, 5.41) is 9.18. The third-order valence-corrected chi connectivity index (χ3v) is 4.82. The zero-order valence-electron chi connectivity index (χ0n) is 11.8. The van der Waals surface area contributed by atoms with Crippen molar-refractivity contribution in [2.75, 3.05) is 19.6 Å². The SMILES string of the molecule is CC(C)N1CCC(N2CCC(C(=O)O)C2C)CC1. The Hall–Kier alpha value is -0.610. The van der Waals surface area contributed by atoms with Gasteiger partial charge in [-0.1, -0.05) is 0 Å². The molecule has 0 spiro atoms. The molecule has 0 bridgehead atoms. The molecule has 0 aromatic carbocycles. The van der Waals surface area contributed by atoms with Gasteiger partial charge in [0.25, 0.3) is 0 Å². The molecule has 4 heteroatoms. The first-order chi connectivity index (χ1) is 8.50. The van der Waals surface area contributed by atoms with Crippen molar-refractivity contribution in [2.24, 2.45) is 5.92 Å². The fourth-order valence-corrected chi connectivity index (χ4v) is 3.54. The largest absolute Gasteiger partial charge is 0.481 e. The lowest BCUT2D eigenvalue weighted by atomic mass is 9.98. The van der Waals surface area contributed by atoms with Crippen molar-refractivity contribution in [1.82, 2.24) is 9.80 Å². The molecule has 2 rings (SSSR count). The van der Waals surface area contributed by atoms with Gasteiger partial charge in [0.15, 0.2) is 0 Å². The highest BCUT2D eigenvalue weighted by atomic mass is 16.4. The predicted molar refractivity (Wildman–Crippen MR) is 71.6 cm³/mol. The van der Waals surface area contributed by atoms with E-state index in [1.165, 1.54) is 12.8 Å². The number of likely N-dealkylation sites (tertiary alicyclic amines) is 2. The van der Waals surface area contributed by atoms with Crippen LogP contribution in [0.3, 0.4) is 0 Å². The van der Waals surface area contributed by atoms with Crippen molar-refractivity contribution in [2.45, 2.75) is 58.2 Å². The van der Waals surface area contributed by atoms with Crippen LogP contribution in [-0.4, -0.2) is 58.6 Å². The first-order valence-electron chi connectivity index (χ1n) is 7.23. The van der Waals surface area contributed by atoms with Crippen molar-refractivity contribution >= 4 is 5.97 Å². The number of carboxylic acid groups (broad SMARTS) is 1. The number of carboxylic acids is 1. The maximum Gasteiger partial charge on any atom is 0.308 e. The van der Waals surface area contributed by atoms with Crippen LogP contribution >= 0.6 is 0 Å². The summed E-state index contributed by atoms with van der Waals surface area (Å²) in [6.45, 7) is 9.86. The van der Waals surface area contributed by atoms with Crippen molar-refractivity contribution in [3.8, 4) is 0 Å². The number of nitrogens with zero attached hydrogens (tertiary/aromatic N) is 2. The fourth-order valence-electron chi connectivity index (χ4n) is 3.54. The summed E-state index contributed by atoms with van der Waals surface area (Å²) in [7, 11) is 0. The van der Waals surface area contributed by atoms with Crippen LogP contribution in [0.2, 0.25) is 0 Å². The Morgan fingerprint density at radius 3 is 2.22 bits per heavy atom. The van der Waals surface area contributed by atoms with E-state index in [9.17, 15) is 9.90 Å². The maximum absolute atomic E-state index is 11.1. The van der Waals surface area contributed by atoms with Crippen LogP contribution in [0.15, 0.2) is 0 Å². The Kier molecular flexibility index (Phi) is 4.28. The monoisotopic (exact) mass is 254 g/mol. The van der Waals surface area contributed by atoms with Crippen LogP contribution in [0.25, 0.3) is 0 Å². The maximum atomic E-state index is 11.1. The molecule has 0 radical (unpaired) electrons. The van der Waals surface area contributed by atoms with Crippen LogP contribution in [0, 0.1) is 5.92 Å². The molecule has 2 atom stereocenters. The molecule has 1 N–H and O–H groups in total. The normalized spacial score (nSPS) is 32.2. The van der Waals surface area contributed by atoms with Crippen molar-refractivity contribution < 1.29 is 9.90 Å². The van der Waals surface area contributed by atoms with Crippen molar-refractivity contribution in [1.29, 1.82) is 0 Å². The third-order valence-electron chi connectivity index (χ3n) is 4.82. The second-order valence-electron chi connectivity index (χ2n) is 6.07. The number of carbonyl (C=O) groups is 1. The van der Waals surface area contributed by atoms with Crippen LogP contribution in [0.1, 0.15) is 40.0 Å². The Balaban J connectivity index is 1.89. The number of piperidine rings is 1. The second kappa shape index (κ2) is 5.57. The summed E-state index contributed by atoms with van der Waals surface area (Å²) in [6, 6.07) is 1.44. The van der Waals surface area contributed by atoms with E-state index in [1.807, 2.05) is 0 Å². The molecule has 2 saturated heterocycles. The van der Waals surface area contributed by atoms with E-state index in [0.29, 0.717) is 12.1 Å². The van der Waals surface area contributed by atoms with Crippen molar-refractivity contribution in [3.63, 3.8) is 0 Å². The van der Waals surface area contributed by atoms with Gasteiger partial charge in [0, 0.05) is 18.1 Å². The summed E-state index contributed by atoms with van der Waals surface area (Å²) in [5.74, 6) is -0.780. The molecule has 2 aliphatic heterocycles. The van der Waals surface area contributed by atoms with E-state index >= 15 is 0 Å². The molecule has 2 aliphatic rings. The molecular formula is C14H26N2O2. The number of aliphatic carboxylic acids is 1. The average Bonchev–Trinajstić information content (AvgIpc) is 2.71. The molecule has 0 aromatic rings. The van der Waals surface area contributed by atoms with Gasteiger partial charge in [-0.3, -0.25) is 9.69 Å². The summed E-state index contributed by atoms with van der Waals surface area (Å²) in [6.07, 6.45) is 3.20. The lowest BCUT2D eigenvalue weighted by Crippen LogP contribution is -2.48. The van der Waals surface area contributed by atoms with Gasteiger partial charge >= 0.3 is 5.97 Å². The zero-order valence-corrected chi connectivity index (χ0v) is 11.8. The van der Waals surface area contributed by atoms with E-state index in [0.717, 1.165) is 26.1 Å². The Labute approximate surface area is 110 Å². The molecule has 2 unspecified atom stereocenters. The molecular weight excluding hydrogens is 228 g/mol. The molecule has 0 amide bonds. The number of hydrogen-bond donors (Lipinski definition) is 1. The summed E-state index contributed by atoms with van der Waals surface area (Å²) in [5.41, 5.74) is 0. The van der Waals surface area contributed by atoms with Gasteiger partial charge in [-0.15, -0.1) is 0 Å². The van der Waals surface area contributed by atoms with Gasteiger partial charge in [0.05, 0.1) is 5.92 Å². The highest BCUT2D eigenvalue weighted by molar-refractivity contribution is 5.71. The van der Waals surface area contributed by atoms with Crippen LogP contribution in [0.5, 0.6) is 0 Å². The molecule has 2 fully saturated rings. The minimum absolute atomic E-state index is 0.159. The molecule has 18 heavy (non-hydrogen) atoms. The predicted octanol–water partition coefficient (Wildman–Crippen LogP) is 1.65. The Bertz CT molecular complexity index is 298. The molecule has 104 valence electrons. The van der Waals surface area contributed by atoms with E-state index in [4.69, 9.17) is 0 Å². The van der Waals surface area contributed by atoms with Gasteiger partial charge in [0.1, 0.15) is 0 Å². The molecule has 0 aliphatic carbocycles. The third kappa shape index (κ3) is 2.69. The van der Waals surface area contributed by atoms with Gasteiger partial charge in [-0.05, 0) is 59.7 Å². The van der Waals surface area contributed by atoms with Gasteiger partial charge in [0.2, 0.25) is 0 Å². The lowest BCUT2D eigenvalue weighted by molar-refractivity contribution is -0.142. The molecule has 0 saturated carbocycles. The van der Waals surface area contributed by atoms with Gasteiger partial charge in [-0.25, -0.2) is 0 Å². The van der Waals surface area contributed by atoms with Gasteiger partial charge < -0.3 is 10.0 Å². The highest BCUT2D eigenvalue weighted by Gasteiger charge is 2.39. The fraction of sp³-hybridized carbons (Fsp3) is 0.929. The quantitative estimate of drug-likeness (QED) is 0.832. The van der Waals surface area contributed by atoms with Crippen LogP contribution in [-0.2, 0) is 4.79 Å². The zero-order chi connectivity index (χ0) is 13.3. The minimum atomic E-state index is -0.621. The number of rotatable bonds is 3. The Morgan fingerprint density at radius 1 is 1.17 bits per heavy atom. The lowest BCUT2D eigenvalue weighted by Gasteiger charge is -2.40. The van der Waals surface area contributed by atoms with E-state index < -0.39 is 5.97 Å². The van der Waals surface area contributed by atoms with E-state index in [1.54, 1.807) is 0 Å². The number of hydrogen-bond acceptors (Lipinski definition) is 3. The second-order valence-corrected chi connectivity index (χ2v) is 6.07. The minimum Gasteiger partial charge on any atom is -0.481 e. The highest BCUT2D eigenvalue weighted by Crippen LogP contribution is 2.30. The van der Waals surface area contributed by atoms with E-state index in [-0.39, 0.29) is 12.0 Å². The molecule has 2 heterocycles. The molecule has 4 nitrogen and oxygen atoms in total. The smallest absolute Gasteiger partial charge is 0.308 e. The van der Waals surface area contributed by atoms with Crippen LogP contribution in [0.4, 0.5) is 0 Å². The van der Waals surface area contributed by atoms with Crippen molar-refractivity contribution in [3.05, 3.63) is 0 Å². The summed E-state index contributed by atoms with van der Waals surface area (Å²) in [4.78, 5) is 16.1. The Morgan fingerprint density at radius 2 is 1.78 bits per heavy atom. The summed E-state index contributed by atoms with van der Waals surface area (Å²) < 4.78 is 0. The topological polar surface area (TPSA) is 43.8 Å². The van der Waals surface area contributed by atoms with Crippen LogP contribution < -0.4 is 0 Å². The summed E-state index contributed by atoms with van der Waals surface area (Å²) >= 11 is 0. The standard InChI is InChI=1S/C14H26N2O2/c1-10(2)15-7-4-12(5-8-15)16-9-6-13(11(16)3)14(17)18/h10-13H,4-9H2,1-3H3,(H,17,18). The van der Waals surface area contributed by atoms with Gasteiger partial charge in [-0.2, -0.15) is 0 Å². The first kappa shape index (κ1) is 13.8. The molecule has 0 aromatic heterocycles. The average molecular weight is 254 g/mol. The van der Waals surface area contributed by atoms with E-state index in [2.05, 4.69) is 30.6 Å².